The van der Waals surface area contributed by atoms with E-state index in [-0.39, 0.29) is 30.0 Å². The van der Waals surface area contributed by atoms with Crippen molar-refractivity contribution in [1.29, 1.82) is 0 Å². The van der Waals surface area contributed by atoms with Crippen LogP contribution in [0.4, 0.5) is 5.69 Å². The number of hydrogen-bond acceptors (Lipinski definition) is 6. The van der Waals surface area contributed by atoms with E-state index in [0.717, 1.165) is 30.9 Å². The zero-order chi connectivity index (χ0) is 18.8. The first-order valence-corrected chi connectivity index (χ1v) is 9.08. The lowest BCUT2D eigenvalue weighted by atomic mass is 10.2. The van der Waals surface area contributed by atoms with Gasteiger partial charge < -0.3 is 24.8 Å². The number of nitrogens with one attached hydrogen (secondary N) is 2. The first-order valence-electron chi connectivity index (χ1n) is 8.67. The van der Waals surface area contributed by atoms with Crippen molar-refractivity contribution < 1.29 is 23.8 Å². The summed E-state index contributed by atoms with van der Waals surface area (Å²) in [4.78, 5) is 23.0. The molecule has 8 heteroatoms. The minimum absolute atomic E-state index is 0.0245. The summed E-state index contributed by atoms with van der Waals surface area (Å²) >= 11 is 5.09. The molecule has 1 fully saturated rings. The minimum Gasteiger partial charge on any atom is -0.491 e. The molecule has 0 aliphatic carbocycles. The molecule has 1 atom stereocenters. The van der Waals surface area contributed by atoms with Crippen molar-refractivity contribution in [1.82, 2.24) is 5.32 Å². The van der Waals surface area contributed by atoms with Crippen molar-refractivity contribution in [3.05, 3.63) is 24.3 Å². The second kappa shape index (κ2) is 10.7. The van der Waals surface area contributed by atoms with Crippen LogP contribution in [0.2, 0.25) is 0 Å². The number of thiocarbonyl (C=S) groups is 1. The van der Waals surface area contributed by atoms with Crippen molar-refractivity contribution in [3.63, 3.8) is 0 Å². The second-order valence-corrected chi connectivity index (χ2v) is 6.19. The smallest absolute Gasteiger partial charge is 0.306 e. The van der Waals surface area contributed by atoms with Gasteiger partial charge >= 0.3 is 5.97 Å². The number of ether oxygens (including phenoxy) is 3. The average Bonchev–Trinajstić information content (AvgIpc) is 3.13. The molecule has 1 amide bonds. The van der Waals surface area contributed by atoms with E-state index in [1.54, 1.807) is 6.92 Å². The van der Waals surface area contributed by atoms with Gasteiger partial charge in [0, 0.05) is 18.7 Å². The first kappa shape index (κ1) is 20.1. The van der Waals surface area contributed by atoms with E-state index < -0.39 is 5.97 Å². The fourth-order valence-electron chi connectivity index (χ4n) is 2.40. The molecule has 0 saturated carbocycles. The summed E-state index contributed by atoms with van der Waals surface area (Å²) < 4.78 is 16.0. The molecule has 1 heterocycles. The average molecular weight is 380 g/mol. The molecular weight excluding hydrogens is 356 g/mol. The number of carbonyl (C=O) groups is 2. The number of benzene rings is 1. The van der Waals surface area contributed by atoms with Gasteiger partial charge in [-0.2, -0.15) is 0 Å². The summed E-state index contributed by atoms with van der Waals surface area (Å²) in [5, 5.41) is 5.61. The van der Waals surface area contributed by atoms with Crippen molar-refractivity contribution >= 4 is 34.9 Å². The third kappa shape index (κ3) is 7.37. The highest BCUT2D eigenvalue weighted by Gasteiger charge is 2.16. The van der Waals surface area contributed by atoms with Crippen molar-refractivity contribution in [2.24, 2.45) is 0 Å². The van der Waals surface area contributed by atoms with Crippen molar-refractivity contribution in [2.45, 2.75) is 38.7 Å². The maximum Gasteiger partial charge on any atom is 0.306 e. The van der Waals surface area contributed by atoms with Crippen LogP contribution in [0.25, 0.3) is 0 Å². The van der Waals surface area contributed by atoms with Crippen molar-refractivity contribution in [3.8, 4) is 5.75 Å². The molecule has 1 unspecified atom stereocenters. The van der Waals surface area contributed by atoms with Crippen LogP contribution in [-0.2, 0) is 19.1 Å². The summed E-state index contributed by atoms with van der Waals surface area (Å²) in [6, 6.07) is 7.26. The number of hydrogen-bond donors (Lipinski definition) is 2. The van der Waals surface area contributed by atoms with E-state index in [9.17, 15) is 9.59 Å². The van der Waals surface area contributed by atoms with Crippen LogP contribution in [0.3, 0.4) is 0 Å². The maximum absolute atomic E-state index is 11.7. The zero-order valence-electron chi connectivity index (χ0n) is 14.8. The zero-order valence-corrected chi connectivity index (χ0v) is 15.6. The summed E-state index contributed by atoms with van der Waals surface area (Å²) in [5.74, 6) is 0.00244. The fourth-order valence-corrected chi connectivity index (χ4v) is 2.63. The van der Waals surface area contributed by atoms with E-state index in [1.165, 1.54) is 0 Å². The number of carbonyl (C=O) groups excluding carboxylic acids is 2. The van der Waals surface area contributed by atoms with Gasteiger partial charge in [0.2, 0.25) is 5.91 Å². The molecule has 1 aromatic carbocycles. The van der Waals surface area contributed by atoms with Crippen LogP contribution in [0.15, 0.2) is 24.3 Å². The Kier molecular flexibility index (Phi) is 8.30. The molecule has 0 bridgehead atoms. The number of amides is 1. The fraction of sp³-hybridized carbons (Fsp3) is 0.500. The molecule has 1 aromatic rings. The summed E-state index contributed by atoms with van der Waals surface area (Å²) in [5.41, 5.74) is 0.727. The molecule has 26 heavy (non-hydrogen) atoms. The molecule has 0 radical (unpaired) electrons. The van der Waals surface area contributed by atoms with Gasteiger partial charge in [0.25, 0.3) is 0 Å². The quantitative estimate of drug-likeness (QED) is 0.529. The van der Waals surface area contributed by atoms with E-state index in [2.05, 4.69) is 10.6 Å². The number of esters is 1. The molecule has 142 valence electrons. The van der Waals surface area contributed by atoms with Gasteiger partial charge in [-0.1, -0.05) is 0 Å². The van der Waals surface area contributed by atoms with E-state index in [0.29, 0.717) is 13.2 Å². The first-order chi connectivity index (χ1) is 12.6. The van der Waals surface area contributed by atoms with Crippen LogP contribution in [0.1, 0.15) is 32.6 Å². The number of rotatable bonds is 8. The van der Waals surface area contributed by atoms with Gasteiger partial charge in [-0.05, 0) is 56.2 Å². The molecule has 1 aliphatic heterocycles. The standard InChI is InChI=1S/C18H24N2O5S/c1-2-23-17(22)10-9-16(21)20-18(26)19-13-5-7-14(8-6-13)25-12-15-4-3-11-24-15/h5-8,15H,2-4,9-12H2,1H3,(H2,19,20,21,26). The summed E-state index contributed by atoms with van der Waals surface area (Å²) in [7, 11) is 0. The van der Waals surface area contributed by atoms with E-state index >= 15 is 0 Å². The van der Waals surface area contributed by atoms with Gasteiger partial charge in [0.15, 0.2) is 5.11 Å². The Balaban J connectivity index is 1.69. The van der Waals surface area contributed by atoms with Crippen LogP contribution >= 0.6 is 12.2 Å². The Morgan fingerprint density at radius 1 is 1.27 bits per heavy atom. The predicted octanol–water partition coefficient (Wildman–Crippen LogP) is 2.40. The third-order valence-electron chi connectivity index (χ3n) is 3.69. The molecule has 2 N–H and O–H groups in total. The van der Waals surface area contributed by atoms with Gasteiger partial charge in [0.1, 0.15) is 12.4 Å². The Morgan fingerprint density at radius 2 is 2.04 bits per heavy atom. The predicted molar refractivity (Wildman–Crippen MR) is 101 cm³/mol. The lowest BCUT2D eigenvalue weighted by Gasteiger charge is -2.13. The highest BCUT2D eigenvalue weighted by molar-refractivity contribution is 7.80. The Morgan fingerprint density at radius 3 is 2.69 bits per heavy atom. The molecular formula is C18H24N2O5S. The monoisotopic (exact) mass is 380 g/mol. The van der Waals surface area contributed by atoms with E-state index in [4.69, 9.17) is 26.4 Å². The lowest BCUT2D eigenvalue weighted by Crippen LogP contribution is -2.34. The Bertz CT molecular complexity index is 615. The van der Waals surface area contributed by atoms with Crippen LogP contribution in [-0.4, -0.2) is 42.9 Å². The van der Waals surface area contributed by atoms with Crippen molar-refractivity contribution in [2.75, 3.05) is 25.1 Å². The van der Waals surface area contributed by atoms with E-state index in [1.807, 2.05) is 24.3 Å². The summed E-state index contributed by atoms with van der Waals surface area (Å²) in [6.45, 7) is 3.37. The second-order valence-electron chi connectivity index (χ2n) is 5.78. The maximum atomic E-state index is 11.7. The summed E-state index contributed by atoms with van der Waals surface area (Å²) in [6.07, 6.45) is 2.34. The normalized spacial score (nSPS) is 16.0. The molecule has 1 saturated heterocycles. The Hall–Kier alpha value is -2.19. The SMILES string of the molecule is CCOC(=O)CCC(=O)NC(=S)Nc1ccc(OCC2CCCO2)cc1. The van der Waals surface area contributed by atoms with Gasteiger partial charge in [-0.3, -0.25) is 9.59 Å². The van der Waals surface area contributed by atoms with Gasteiger partial charge in [-0.25, -0.2) is 0 Å². The highest BCUT2D eigenvalue weighted by atomic mass is 32.1. The Labute approximate surface area is 158 Å². The highest BCUT2D eigenvalue weighted by Crippen LogP contribution is 2.18. The van der Waals surface area contributed by atoms with Crippen LogP contribution in [0.5, 0.6) is 5.75 Å². The van der Waals surface area contributed by atoms with Crippen LogP contribution < -0.4 is 15.4 Å². The molecule has 7 nitrogen and oxygen atoms in total. The molecule has 0 aromatic heterocycles. The largest absolute Gasteiger partial charge is 0.491 e. The molecule has 0 spiro atoms. The molecule has 2 rings (SSSR count). The van der Waals surface area contributed by atoms with Gasteiger partial charge in [-0.15, -0.1) is 0 Å². The van der Waals surface area contributed by atoms with Gasteiger partial charge in [0.05, 0.1) is 19.1 Å². The third-order valence-corrected chi connectivity index (χ3v) is 3.89. The molecule has 1 aliphatic rings. The number of anilines is 1. The topological polar surface area (TPSA) is 85.9 Å². The lowest BCUT2D eigenvalue weighted by molar-refractivity contribution is -0.144. The van der Waals surface area contributed by atoms with Crippen LogP contribution in [0, 0.1) is 0 Å². The minimum atomic E-state index is -0.403.